The second-order valence-electron chi connectivity index (χ2n) is 6.33. The number of para-hydroxylation sites is 3. The predicted octanol–water partition coefficient (Wildman–Crippen LogP) is 1.76. The number of aliphatic hydroxyl groups is 2. The Morgan fingerprint density at radius 1 is 0.923 bits per heavy atom. The summed E-state index contributed by atoms with van der Waals surface area (Å²) in [4.78, 5) is 9.44. The molecule has 1 aliphatic heterocycles. The van der Waals surface area contributed by atoms with E-state index in [0.29, 0.717) is 16.9 Å². The van der Waals surface area contributed by atoms with Crippen LogP contribution in [0.4, 0.5) is 0 Å². The molecule has 0 saturated carbocycles. The first kappa shape index (κ1) is 15.4. The highest BCUT2D eigenvalue weighted by atomic mass is 16.5. The van der Waals surface area contributed by atoms with Gasteiger partial charge in [-0.3, -0.25) is 0 Å². The average Bonchev–Trinajstić information content (AvgIpc) is 3.21. The summed E-state index contributed by atoms with van der Waals surface area (Å²) in [5.74, 6) is 0. The molecule has 1 aliphatic rings. The van der Waals surface area contributed by atoms with Crippen LogP contribution in [0.25, 0.3) is 27.9 Å². The molecule has 2 N–H and O–H groups in total. The molecule has 0 amide bonds. The lowest BCUT2D eigenvalue weighted by molar-refractivity contribution is 0.0209. The fourth-order valence-electron chi connectivity index (χ4n) is 3.30. The monoisotopic (exact) mass is 348 g/mol. The number of benzene rings is 2. The van der Waals surface area contributed by atoms with Gasteiger partial charge in [-0.25, -0.2) is 14.6 Å². The molecular weight excluding hydrogens is 332 g/mol. The Morgan fingerprint density at radius 3 is 2.31 bits per heavy atom. The Bertz CT molecular complexity index is 1100. The molecule has 3 heterocycles. The van der Waals surface area contributed by atoms with Crippen LogP contribution in [0.15, 0.2) is 54.6 Å². The summed E-state index contributed by atoms with van der Waals surface area (Å²) in [5.41, 5.74) is 3.96. The number of aliphatic hydroxyl groups excluding tert-OH is 2. The molecular formula is C19H16N4O3. The van der Waals surface area contributed by atoms with Gasteiger partial charge in [0, 0.05) is 0 Å². The number of aromatic nitrogens is 4. The van der Waals surface area contributed by atoms with E-state index in [9.17, 15) is 10.2 Å². The van der Waals surface area contributed by atoms with Crippen molar-refractivity contribution in [3.63, 3.8) is 0 Å². The Hall–Kier alpha value is -2.87. The number of ether oxygens (including phenoxy) is 1. The van der Waals surface area contributed by atoms with E-state index < -0.39 is 18.3 Å². The van der Waals surface area contributed by atoms with Crippen molar-refractivity contribution >= 4 is 22.2 Å². The third-order valence-corrected chi connectivity index (χ3v) is 4.62. The number of rotatable bonds is 2. The zero-order valence-electron chi connectivity index (χ0n) is 13.7. The van der Waals surface area contributed by atoms with Crippen molar-refractivity contribution in [2.75, 3.05) is 6.61 Å². The van der Waals surface area contributed by atoms with Gasteiger partial charge < -0.3 is 14.9 Å². The van der Waals surface area contributed by atoms with Crippen molar-refractivity contribution < 1.29 is 14.9 Å². The molecule has 1 saturated heterocycles. The highest BCUT2D eigenvalue weighted by Gasteiger charge is 2.39. The normalized spacial score (nSPS) is 23.1. The molecule has 4 aromatic rings. The summed E-state index contributed by atoms with van der Waals surface area (Å²) >= 11 is 0. The molecule has 5 rings (SSSR count). The van der Waals surface area contributed by atoms with Crippen molar-refractivity contribution in [2.24, 2.45) is 0 Å². The minimum Gasteiger partial charge on any atom is -0.388 e. The summed E-state index contributed by atoms with van der Waals surface area (Å²) in [7, 11) is 0. The van der Waals surface area contributed by atoms with Gasteiger partial charge in [0.15, 0.2) is 5.65 Å². The Balaban J connectivity index is 1.80. The van der Waals surface area contributed by atoms with E-state index in [2.05, 4.69) is 5.10 Å². The van der Waals surface area contributed by atoms with Crippen LogP contribution in [0.1, 0.15) is 11.8 Å². The van der Waals surface area contributed by atoms with Gasteiger partial charge in [-0.05, 0) is 24.3 Å². The van der Waals surface area contributed by atoms with Crippen LogP contribution in [0.2, 0.25) is 0 Å². The van der Waals surface area contributed by atoms with Gasteiger partial charge >= 0.3 is 0 Å². The quantitative estimate of drug-likeness (QED) is 0.573. The van der Waals surface area contributed by atoms with E-state index in [-0.39, 0.29) is 6.61 Å². The third-order valence-electron chi connectivity index (χ3n) is 4.62. The maximum absolute atomic E-state index is 10.3. The molecule has 7 nitrogen and oxygen atoms in total. The van der Waals surface area contributed by atoms with Crippen molar-refractivity contribution in [2.45, 2.75) is 18.3 Å². The Labute approximate surface area is 148 Å². The highest BCUT2D eigenvalue weighted by Crippen LogP contribution is 2.33. The lowest BCUT2D eigenvalue weighted by Gasteiger charge is -2.12. The van der Waals surface area contributed by atoms with Crippen LogP contribution in [-0.2, 0) is 4.74 Å². The van der Waals surface area contributed by atoms with E-state index in [1.54, 1.807) is 4.68 Å². The fraction of sp³-hybridized carbons (Fsp3) is 0.211. The summed E-state index contributed by atoms with van der Waals surface area (Å²) < 4.78 is 7.29. The number of hydrogen-bond acceptors (Lipinski definition) is 6. The first-order valence-electron chi connectivity index (χ1n) is 8.41. The van der Waals surface area contributed by atoms with Gasteiger partial charge in [0.05, 0.1) is 23.3 Å². The minimum absolute atomic E-state index is 0.0620. The van der Waals surface area contributed by atoms with Crippen LogP contribution < -0.4 is 0 Å². The van der Waals surface area contributed by atoms with Crippen LogP contribution in [0.3, 0.4) is 0 Å². The molecule has 1 fully saturated rings. The second kappa shape index (κ2) is 5.84. The molecule has 0 radical (unpaired) electrons. The van der Waals surface area contributed by atoms with Gasteiger partial charge in [0.25, 0.3) is 0 Å². The Morgan fingerprint density at radius 2 is 1.62 bits per heavy atom. The maximum Gasteiger partial charge on any atom is 0.182 e. The summed E-state index contributed by atoms with van der Waals surface area (Å²) in [5, 5.41) is 24.8. The molecule has 0 spiro atoms. The van der Waals surface area contributed by atoms with E-state index in [1.807, 2.05) is 54.6 Å². The van der Waals surface area contributed by atoms with Gasteiger partial charge in [-0.2, -0.15) is 5.10 Å². The molecule has 7 heteroatoms. The van der Waals surface area contributed by atoms with Crippen molar-refractivity contribution in [1.29, 1.82) is 0 Å². The van der Waals surface area contributed by atoms with Gasteiger partial charge in [-0.15, -0.1) is 0 Å². The molecule has 3 unspecified atom stereocenters. The van der Waals surface area contributed by atoms with Gasteiger partial charge in [0.2, 0.25) is 0 Å². The average molecular weight is 348 g/mol. The van der Waals surface area contributed by atoms with Gasteiger partial charge in [0.1, 0.15) is 29.5 Å². The molecule has 2 aromatic heterocycles. The molecule has 130 valence electrons. The number of fused-ring (bicyclic) bond motifs is 2. The van der Waals surface area contributed by atoms with E-state index >= 15 is 0 Å². The zero-order chi connectivity index (χ0) is 17.7. The van der Waals surface area contributed by atoms with Crippen molar-refractivity contribution in [3.05, 3.63) is 60.3 Å². The summed E-state index contributed by atoms with van der Waals surface area (Å²) in [6.45, 7) is 0.0620. The molecule has 0 bridgehead atoms. The summed E-state index contributed by atoms with van der Waals surface area (Å²) in [6.07, 6.45) is -2.73. The molecule has 2 aromatic carbocycles. The lowest BCUT2D eigenvalue weighted by Crippen LogP contribution is -2.25. The molecule has 26 heavy (non-hydrogen) atoms. The first-order valence-corrected chi connectivity index (χ1v) is 8.41. The van der Waals surface area contributed by atoms with E-state index in [1.165, 1.54) is 0 Å². The predicted molar refractivity (Wildman–Crippen MR) is 94.9 cm³/mol. The SMILES string of the molecule is OC1COC(c2nn(-c3ccccc3)c3nc4ccccc4nc23)C1O. The largest absolute Gasteiger partial charge is 0.388 e. The van der Waals surface area contributed by atoms with Gasteiger partial charge in [-0.1, -0.05) is 30.3 Å². The van der Waals surface area contributed by atoms with Crippen LogP contribution in [0, 0.1) is 0 Å². The third kappa shape index (κ3) is 2.29. The number of hydrogen-bond donors (Lipinski definition) is 2. The second-order valence-corrected chi connectivity index (χ2v) is 6.33. The number of nitrogens with zero attached hydrogens (tertiary/aromatic N) is 4. The minimum atomic E-state index is -1.05. The summed E-state index contributed by atoms with van der Waals surface area (Å²) in [6, 6.07) is 17.2. The topological polar surface area (TPSA) is 93.3 Å². The van der Waals surface area contributed by atoms with Crippen molar-refractivity contribution in [3.8, 4) is 5.69 Å². The zero-order valence-corrected chi connectivity index (χ0v) is 13.7. The van der Waals surface area contributed by atoms with Crippen LogP contribution in [0.5, 0.6) is 0 Å². The van der Waals surface area contributed by atoms with E-state index in [0.717, 1.165) is 16.7 Å². The smallest absolute Gasteiger partial charge is 0.182 e. The Kier molecular flexibility index (Phi) is 3.46. The van der Waals surface area contributed by atoms with E-state index in [4.69, 9.17) is 14.7 Å². The molecule has 3 atom stereocenters. The maximum atomic E-state index is 10.3. The van der Waals surface area contributed by atoms with Crippen molar-refractivity contribution in [1.82, 2.24) is 19.7 Å². The highest BCUT2D eigenvalue weighted by molar-refractivity contribution is 5.86. The first-order chi connectivity index (χ1) is 12.7. The van der Waals surface area contributed by atoms with Crippen LogP contribution >= 0.6 is 0 Å². The lowest BCUT2D eigenvalue weighted by atomic mass is 10.1. The molecule has 0 aliphatic carbocycles. The van der Waals surface area contributed by atoms with Crippen LogP contribution in [-0.4, -0.2) is 48.8 Å². The standard InChI is InChI=1S/C19H16N4O3/c24-14-10-26-18(17(14)25)15-16-19(21-13-9-5-4-8-12(13)20-16)23(22-15)11-6-2-1-3-7-11/h1-9,14,17-18,24-25H,10H2. The fourth-order valence-corrected chi connectivity index (χ4v) is 3.30.